The van der Waals surface area contributed by atoms with Crippen molar-refractivity contribution in [1.29, 1.82) is 0 Å². The number of halogens is 2. The highest BCUT2D eigenvalue weighted by Crippen LogP contribution is 2.42. The van der Waals surface area contributed by atoms with Gasteiger partial charge in [0.25, 0.3) is 0 Å². The lowest BCUT2D eigenvalue weighted by atomic mass is 10.2. The molecule has 1 aliphatic rings. The summed E-state index contributed by atoms with van der Waals surface area (Å²) in [6, 6.07) is 9.42. The summed E-state index contributed by atoms with van der Waals surface area (Å²) in [5.41, 5.74) is 0.912. The molecule has 0 spiro atoms. The Kier molecular flexibility index (Phi) is 4.68. The number of alkyl halides is 2. The van der Waals surface area contributed by atoms with E-state index >= 15 is 0 Å². The maximum Gasteiger partial charge on any atom is 0.341 e. The highest BCUT2D eigenvalue weighted by atomic mass is 32.2. The summed E-state index contributed by atoms with van der Waals surface area (Å²) in [5.74, 6) is -2.68. The van der Waals surface area contributed by atoms with Gasteiger partial charge in [-0.25, -0.2) is 8.42 Å². The first-order chi connectivity index (χ1) is 13.0. The Morgan fingerprint density at radius 3 is 2.30 bits per heavy atom. The van der Waals surface area contributed by atoms with Gasteiger partial charge in [-0.15, -0.1) is 10.2 Å². The minimum atomic E-state index is -4.59. The Bertz CT molecular complexity index is 1050. The molecule has 2 aromatic heterocycles. The number of aromatic nitrogens is 4. The van der Waals surface area contributed by atoms with E-state index in [0.29, 0.717) is 16.1 Å². The Morgan fingerprint density at radius 2 is 1.70 bits per heavy atom. The van der Waals surface area contributed by atoms with E-state index < -0.39 is 20.5 Å². The number of nitrogens with zero attached hydrogens (tertiary/aromatic N) is 4. The molecule has 2 heterocycles. The van der Waals surface area contributed by atoms with E-state index in [1.54, 1.807) is 12.4 Å². The van der Waals surface area contributed by atoms with E-state index in [0.717, 1.165) is 24.2 Å². The molecule has 10 heteroatoms. The fraction of sp³-hybridized carbons (Fsp3) is 0.235. The zero-order chi connectivity index (χ0) is 19.0. The van der Waals surface area contributed by atoms with Gasteiger partial charge in [-0.3, -0.25) is 9.55 Å². The summed E-state index contributed by atoms with van der Waals surface area (Å²) >= 11 is 1.32. The Morgan fingerprint density at radius 1 is 1.04 bits per heavy atom. The van der Waals surface area contributed by atoms with Crippen molar-refractivity contribution in [3.8, 4) is 11.4 Å². The molecule has 0 atom stereocenters. The molecule has 4 rings (SSSR count). The van der Waals surface area contributed by atoms with Gasteiger partial charge in [-0.05, 0) is 61.0 Å². The normalized spacial score (nSPS) is 14.6. The molecule has 3 aromatic rings. The van der Waals surface area contributed by atoms with Gasteiger partial charge in [-0.2, -0.15) is 8.78 Å². The van der Waals surface area contributed by atoms with Crippen LogP contribution in [0.5, 0.6) is 0 Å². The molecule has 0 radical (unpaired) electrons. The quantitative estimate of drug-likeness (QED) is 0.617. The second-order valence-corrected chi connectivity index (χ2v) is 8.98. The van der Waals surface area contributed by atoms with Crippen LogP contribution in [0.3, 0.4) is 0 Å². The van der Waals surface area contributed by atoms with Crippen LogP contribution in [-0.2, 0) is 9.84 Å². The second-order valence-electron chi connectivity index (χ2n) is 6.02. The van der Waals surface area contributed by atoms with E-state index in [1.165, 1.54) is 36.0 Å². The fourth-order valence-electron chi connectivity index (χ4n) is 2.61. The zero-order valence-electron chi connectivity index (χ0n) is 13.9. The molecule has 0 saturated heterocycles. The Labute approximate surface area is 158 Å². The van der Waals surface area contributed by atoms with Crippen molar-refractivity contribution >= 4 is 21.6 Å². The molecule has 6 nitrogen and oxygen atoms in total. The number of rotatable bonds is 6. The van der Waals surface area contributed by atoms with Crippen LogP contribution in [0.1, 0.15) is 18.9 Å². The molecule has 1 fully saturated rings. The molecule has 1 saturated carbocycles. The maximum absolute atomic E-state index is 12.6. The molecule has 0 unspecified atom stereocenters. The summed E-state index contributed by atoms with van der Waals surface area (Å²) in [5, 5.41) is 9.23. The summed E-state index contributed by atoms with van der Waals surface area (Å²) in [6.07, 6.45) is 5.46. The number of hydrogen-bond acceptors (Lipinski definition) is 6. The van der Waals surface area contributed by atoms with Crippen LogP contribution >= 0.6 is 11.8 Å². The number of hydrogen-bond donors (Lipinski definition) is 0. The summed E-state index contributed by atoms with van der Waals surface area (Å²) in [6.45, 7) is 0. The van der Waals surface area contributed by atoms with Crippen LogP contribution in [0.15, 0.2) is 63.7 Å². The molecular formula is C17H14F2N4O2S2. The average molecular weight is 408 g/mol. The average Bonchev–Trinajstić information content (AvgIpc) is 3.43. The predicted octanol–water partition coefficient (Wildman–Crippen LogP) is 3.82. The molecule has 0 amide bonds. The van der Waals surface area contributed by atoms with Gasteiger partial charge >= 0.3 is 5.76 Å². The Hall–Kier alpha value is -2.33. The first-order valence-electron chi connectivity index (χ1n) is 8.12. The SMILES string of the molecule is O=S(=O)(c1ccc(Sc2nnc(-c3ccncc3)n2C2CC2)cc1)C(F)F. The molecule has 0 bridgehead atoms. The van der Waals surface area contributed by atoms with Crippen molar-refractivity contribution in [3.63, 3.8) is 0 Å². The van der Waals surface area contributed by atoms with Gasteiger partial charge in [0, 0.05) is 28.9 Å². The van der Waals surface area contributed by atoms with E-state index in [2.05, 4.69) is 19.7 Å². The lowest BCUT2D eigenvalue weighted by Gasteiger charge is -2.09. The van der Waals surface area contributed by atoms with Crippen LogP contribution in [-0.4, -0.2) is 33.9 Å². The molecule has 0 aliphatic heterocycles. The van der Waals surface area contributed by atoms with Gasteiger partial charge in [0.2, 0.25) is 9.84 Å². The maximum atomic E-state index is 12.6. The number of sulfone groups is 1. The van der Waals surface area contributed by atoms with Crippen LogP contribution in [0.4, 0.5) is 8.78 Å². The third kappa shape index (κ3) is 3.59. The smallest absolute Gasteiger partial charge is 0.299 e. The summed E-state index contributed by atoms with van der Waals surface area (Å²) in [7, 11) is -4.59. The molecule has 140 valence electrons. The van der Waals surface area contributed by atoms with Gasteiger partial charge < -0.3 is 0 Å². The lowest BCUT2D eigenvalue weighted by molar-refractivity contribution is 0.234. The van der Waals surface area contributed by atoms with Crippen molar-refractivity contribution in [1.82, 2.24) is 19.7 Å². The van der Waals surface area contributed by atoms with Crippen molar-refractivity contribution in [2.45, 2.75) is 39.6 Å². The third-order valence-electron chi connectivity index (χ3n) is 4.11. The van der Waals surface area contributed by atoms with Crippen LogP contribution in [0.25, 0.3) is 11.4 Å². The van der Waals surface area contributed by atoms with Crippen molar-refractivity contribution in [3.05, 3.63) is 48.8 Å². The van der Waals surface area contributed by atoms with E-state index in [4.69, 9.17) is 0 Å². The largest absolute Gasteiger partial charge is 0.341 e. The van der Waals surface area contributed by atoms with Crippen molar-refractivity contribution in [2.24, 2.45) is 0 Å². The van der Waals surface area contributed by atoms with E-state index in [-0.39, 0.29) is 0 Å². The number of benzene rings is 1. The molecular weight excluding hydrogens is 394 g/mol. The molecule has 0 N–H and O–H groups in total. The lowest BCUT2D eigenvalue weighted by Crippen LogP contribution is -2.11. The fourth-order valence-corrected chi connectivity index (χ4v) is 4.23. The van der Waals surface area contributed by atoms with Crippen molar-refractivity contribution < 1.29 is 17.2 Å². The number of pyridine rings is 1. The minimum Gasteiger partial charge on any atom is -0.299 e. The molecule has 1 aliphatic carbocycles. The second kappa shape index (κ2) is 7.01. The molecule has 1 aromatic carbocycles. The van der Waals surface area contributed by atoms with E-state index in [9.17, 15) is 17.2 Å². The first-order valence-corrected chi connectivity index (χ1v) is 10.5. The third-order valence-corrected chi connectivity index (χ3v) is 6.48. The zero-order valence-corrected chi connectivity index (χ0v) is 15.5. The van der Waals surface area contributed by atoms with Crippen LogP contribution in [0.2, 0.25) is 0 Å². The Balaban J connectivity index is 1.63. The predicted molar refractivity (Wildman–Crippen MR) is 95.3 cm³/mol. The summed E-state index contributed by atoms with van der Waals surface area (Å²) in [4.78, 5) is 4.30. The van der Waals surface area contributed by atoms with E-state index in [1.807, 2.05) is 12.1 Å². The standard InChI is InChI=1S/C17H14F2N4O2S2/c18-16(19)27(24,25)14-5-3-13(4-6-14)26-17-22-21-15(23(17)12-1-2-12)11-7-9-20-10-8-11/h3-10,12,16H,1-2H2. The van der Waals surface area contributed by atoms with Gasteiger partial charge in [0.05, 0.1) is 4.90 Å². The topological polar surface area (TPSA) is 77.7 Å². The van der Waals surface area contributed by atoms with Crippen LogP contribution in [0, 0.1) is 0 Å². The highest BCUT2D eigenvalue weighted by Gasteiger charge is 2.30. The first kappa shape index (κ1) is 18.1. The molecule has 27 heavy (non-hydrogen) atoms. The monoisotopic (exact) mass is 408 g/mol. The highest BCUT2D eigenvalue weighted by molar-refractivity contribution is 7.99. The summed E-state index contributed by atoms with van der Waals surface area (Å²) < 4.78 is 50.4. The van der Waals surface area contributed by atoms with Gasteiger partial charge in [0.15, 0.2) is 11.0 Å². The minimum absolute atomic E-state index is 0.323. The van der Waals surface area contributed by atoms with Gasteiger partial charge in [-0.1, -0.05) is 0 Å². The van der Waals surface area contributed by atoms with Gasteiger partial charge in [0.1, 0.15) is 0 Å². The van der Waals surface area contributed by atoms with Crippen LogP contribution < -0.4 is 0 Å². The van der Waals surface area contributed by atoms with Crippen molar-refractivity contribution in [2.75, 3.05) is 0 Å².